The largest absolute Gasteiger partial charge is 0.478 e. The Bertz CT molecular complexity index is 929. The van der Waals surface area contributed by atoms with Crippen LogP contribution >= 0.6 is 0 Å². The van der Waals surface area contributed by atoms with Gasteiger partial charge < -0.3 is 14.8 Å². The average molecular weight is 325 g/mol. The lowest BCUT2D eigenvalue weighted by molar-refractivity contribution is 0.0600. The molecule has 3 rings (SSSR count). The van der Waals surface area contributed by atoms with E-state index in [1.807, 2.05) is 6.92 Å². The summed E-state index contributed by atoms with van der Waals surface area (Å²) < 4.78 is 4.68. The number of benzene rings is 1. The van der Waals surface area contributed by atoms with Gasteiger partial charge in [0.25, 0.3) is 0 Å². The number of hydrogen-bond acceptors (Lipinski definition) is 5. The number of aromatic amines is 1. The maximum absolute atomic E-state index is 11.5. The summed E-state index contributed by atoms with van der Waals surface area (Å²) in [6.45, 7) is 1.92. The number of aromatic carboxylic acids is 1. The highest BCUT2D eigenvalue weighted by molar-refractivity contribution is 6.07. The molecule has 3 aromatic rings. The zero-order valence-corrected chi connectivity index (χ0v) is 13.2. The number of fused-ring (bicyclic) bond motifs is 1. The molecule has 0 aliphatic heterocycles. The highest BCUT2D eigenvalue weighted by atomic mass is 16.5. The number of aromatic nitrogens is 3. The van der Waals surface area contributed by atoms with Crippen molar-refractivity contribution in [1.29, 1.82) is 0 Å². The summed E-state index contributed by atoms with van der Waals surface area (Å²) >= 11 is 0. The third-order valence-corrected chi connectivity index (χ3v) is 3.70. The molecule has 0 saturated heterocycles. The molecule has 0 atom stereocenters. The number of nitrogens with zero attached hydrogens (tertiary/aromatic N) is 2. The van der Waals surface area contributed by atoms with Crippen molar-refractivity contribution in [3.05, 3.63) is 47.4 Å². The van der Waals surface area contributed by atoms with Crippen LogP contribution < -0.4 is 0 Å². The normalized spacial score (nSPS) is 10.8. The second kappa shape index (κ2) is 6.11. The van der Waals surface area contributed by atoms with Crippen molar-refractivity contribution < 1.29 is 19.4 Å². The van der Waals surface area contributed by atoms with Gasteiger partial charge in [-0.15, -0.1) is 0 Å². The van der Waals surface area contributed by atoms with Gasteiger partial charge >= 0.3 is 11.9 Å². The SMILES string of the molecule is CCc1nc(-c2ccc(C(=O)OC)cc2)c2c(C(=O)O)c[nH]c2n1. The number of methoxy groups -OCH3 is 1. The number of carboxylic acids is 1. The van der Waals surface area contributed by atoms with Crippen molar-refractivity contribution in [2.24, 2.45) is 0 Å². The summed E-state index contributed by atoms with van der Waals surface area (Å²) in [7, 11) is 1.32. The van der Waals surface area contributed by atoms with Crippen molar-refractivity contribution in [3.63, 3.8) is 0 Å². The molecule has 24 heavy (non-hydrogen) atoms. The molecular formula is C17H15N3O4. The van der Waals surface area contributed by atoms with Gasteiger partial charge in [0.05, 0.1) is 29.3 Å². The van der Waals surface area contributed by atoms with Crippen LogP contribution in [-0.4, -0.2) is 39.1 Å². The smallest absolute Gasteiger partial charge is 0.338 e. The van der Waals surface area contributed by atoms with E-state index in [2.05, 4.69) is 19.7 Å². The molecule has 122 valence electrons. The van der Waals surface area contributed by atoms with E-state index in [9.17, 15) is 14.7 Å². The van der Waals surface area contributed by atoms with Gasteiger partial charge in [0.2, 0.25) is 0 Å². The van der Waals surface area contributed by atoms with Gasteiger partial charge in [0, 0.05) is 18.2 Å². The van der Waals surface area contributed by atoms with Gasteiger partial charge in [0.15, 0.2) is 0 Å². The van der Waals surface area contributed by atoms with Crippen LogP contribution in [0.3, 0.4) is 0 Å². The van der Waals surface area contributed by atoms with E-state index in [0.29, 0.717) is 40.1 Å². The number of carbonyl (C=O) groups excluding carboxylic acids is 1. The Morgan fingerprint density at radius 1 is 1.21 bits per heavy atom. The number of esters is 1. The number of carboxylic acid groups (broad SMARTS) is 1. The fraction of sp³-hybridized carbons (Fsp3) is 0.176. The van der Waals surface area contributed by atoms with E-state index in [1.165, 1.54) is 13.3 Å². The first kappa shape index (κ1) is 15.7. The maximum Gasteiger partial charge on any atom is 0.338 e. The molecular weight excluding hydrogens is 310 g/mol. The fourth-order valence-corrected chi connectivity index (χ4v) is 2.50. The van der Waals surface area contributed by atoms with Gasteiger partial charge in [-0.05, 0) is 12.1 Å². The van der Waals surface area contributed by atoms with E-state index in [-0.39, 0.29) is 5.56 Å². The van der Waals surface area contributed by atoms with Gasteiger partial charge in [-0.3, -0.25) is 0 Å². The molecule has 0 spiro atoms. The highest BCUT2D eigenvalue weighted by Gasteiger charge is 2.19. The summed E-state index contributed by atoms with van der Waals surface area (Å²) in [5.74, 6) is -0.883. The van der Waals surface area contributed by atoms with Crippen LogP contribution in [0.2, 0.25) is 0 Å². The number of hydrogen-bond donors (Lipinski definition) is 2. The van der Waals surface area contributed by atoms with E-state index in [1.54, 1.807) is 24.3 Å². The van der Waals surface area contributed by atoms with Crippen LogP contribution in [0, 0.1) is 0 Å². The summed E-state index contributed by atoms with van der Waals surface area (Å²) in [6, 6.07) is 6.67. The van der Waals surface area contributed by atoms with Gasteiger partial charge in [-0.25, -0.2) is 19.6 Å². The van der Waals surface area contributed by atoms with Crippen molar-refractivity contribution in [1.82, 2.24) is 15.0 Å². The molecule has 0 aliphatic carbocycles. The van der Waals surface area contributed by atoms with E-state index in [0.717, 1.165) is 0 Å². The van der Waals surface area contributed by atoms with Gasteiger partial charge in [-0.1, -0.05) is 19.1 Å². The van der Waals surface area contributed by atoms with Crippen LogP contribution in [0.1, 0.15) is 33.5 Å². The number of nitrogens with one attached hydrogen (secondary N) is 1. The molecule has 2 N–H and O–H groups in total. The highest BCUT2D eigenvalue weighted by Crippen LogP contribution is 2.29. The molecule has 0 saturated carbocycles. The first-order chi connectivity index (χ1) is 11.5. The van der Waals surface area contributed by atoms with Crippen molar-refractivity contribution in [2.45, 2.75) is 13.3 Å². The Morgan fingerprint density at radius 2 is 1.92 bits per heavy atom. The first-order valence-electron chi connectivity index (χ1n) is 7.35. The zero-order valence-electron chi connectivity index (χ0n) is 13.2. The first-order valence-corrected chi connectivity index (χ1v) is 7.35. The molecule has 0 fully saturated rings. The van der Waals surface area contributed by atoms with E-state index in [4.69, 9.17) is 0 Å². The molecule has 1 aromatic carbocycles. The zero-order chi connectivity index (χ0) is 17.3. The minimum atomic E-state index is -1.05. The average Bonchev–Trinajstić information content (AvgIpc) is 3.04. The second-order valence-corrected chi connectivity index (χ2v) is 5.14. The molecule has 0 radical (unpaired) electrons. The lowest BCUT2D eigenvalue weighted by atomic mass is 10.0. The minimum Gasteiger partial charge on any atom is -0.478 e. The molecule has 2 heterocycles. The summed E-state index contributed by atoms with van der Waals surface area (Å²) in [5, 5.41) is 9.83. The monoisotopic (exact) mass is 325 g/mol. The third kappa shape index (κ3) is 2.60. The van der Waals surface area contributed by atoms with Crippen LogP contribution in [0.25, 0.3) is 22.3 Å². The fourth-order valence-electron chi connectivity index (χ4n) is 2.50. The Balaban J connectivity index is 2.21. The van der Waals surface area contributed by atoms with Crippen LogP contribution in [-0.2, 0) is 11.2 Å². The molecule has 7 nitrogen and oxygen atoms in total. The summed E-state index contributed by atoms with van der Waals surface area (Å²) in [4.78, 5) is 34.7. The van der Waals surface area contributed by atoms with Crippen LogP contribution in [0.15, 0.2) is 30.5 Å². The maximum atomic E-state index is 11.5. The molecule has 2 aromatic heterocycles. The lowest BCUT2D eigenvalue weighted by Gasteiger charge is -2.07. The number of ether oxygens (including phenoxy) is 1. The molecule has 7 heteroatoms. The number of rotatable bonds is 4. The van der Waals surface area contributed by atoms with Crippen LogP contribution in [0.4, 0.5) is 0 Å². The minimum absolute atomic E-state index is 0.111. The number of H-pyrrole nitrogens is 1. The van der Waals surface area contributed by atoms with Gasteiger partial charge in [0.1, 0.15) is 11.5 Å². The van der Waals surface area contributed by atoms with Crippen molar-refractivity contribution >= 4 is 23.0 Å². The third-order valence-electron chi connectivity index (χ3n) is 3.70. The lowest BCUT2D eigenvalue weighted by Crippen LogP contribution is -2.02. The number of aryl methyl sites for hydroxylation is 1. The number of carbonyl (C=O) groups is 2. The molecule has 0 aliphatic rings. The second-order valence-electron chi connectivity index (χ2n) is 5.14. The molecule has 0 bridgehead atoms. The Hall–Kier alpha value is -3.22. The van der Waals surface area contributed by atoms with E-state index >= 15 is 0 Å². The Kier molecular flexibility index (Phi) is 3.99. The standard InChI is InChI=1S/C17H15N3O4/c1-3-12-19-14(9-4-6-10(7-5-9)17(23)24-2)13-11(16(21)22)8-18-15(13)20-12/h4-8H,3H2,1-2H3,(H,21,22)(H,18,19,20). The summed E-state index contributed by atoms with van der Waals surface area (Å²) in [5.41, 5.74) is 2.22. The van der Waals surface area contributed by atoms with E-state index < -0.39 is 11.9 Å². The Morgan fingerprint density at radius 3 is 2.50 bits per heavy atom. The van der Waals surface area contributed by atoms with Crippen LogP contribution in [0.5, 0.6) is 0 Å². The molecule has 0 amide bonds. The predicted octanol–water partition coefficient (Wildman–Crippen LogP) is 2.67. The topological polar surface area (TPSA) is 105 Å². The quantitative estimate of drug-likeness (QED) is 0.714. The van der Waals surface area contributed by atoms with Crippen molar-refractivity contribution in [3.8, 4) is 11.3 Å². The predicted molar refractivity (Wildman–Crippen MR) is 87.0 cm³/mol. The molecule has 0 unspecified atom stereocenters. The summed E-state index contributed by atoms with van der Waals surface area (Å²) in [6.07, 6.45) is 2.03. The van der Waals surface area contributed by atoms with Gasteiger partial charge in [-0.2, -0.15) is 0 Å². The van der Waals surface area contributed by atoms with Crippen molar-refractivity contribution in [2.75, 3.05) is 7.11 Å². The Labute approximate surface area is 137 Å².